The van der Waals surface area contributed by atoms with Gasteiger partial charge in [-0.25, -0.2) is 0 Å². The lowest BCUT2D eigenvalue weighted by atomic mass is 10.0. The number of aromatic hydroxyl groups is 1. The largest absolute Gasteiger partial charge is 0.506 e. The Labute approximate surface area is 156 Å². The molecule has 0 fully saturated rings. The third-order valence-corrected chi connectivity index (χ3v) is 4.38. The Morgan fingerprint density at radius 1 is 1.31 bits per heavy atom. The lowest BCUT2D eigenvalue weighted by Gasteiger charge is -2.16. The first kappa shape index (κ1) is 18.0. The molecule has 3 aromatic rings. The van der Waals surface area contributed by atoms with Crippen molar-refractivity contribution < 1.29 is 14.6 Å². The fraction of sp³-hybridized carbons (Fsp3) is 0.200. The fourth-order valence-corrected chi connectivity index (χ4v) is 2.98. The van der Waals surface area contributed by atoms with Crippen molar-refractivity contribution in [2.24, 2.45) is 0 Å². The Morgan fingerprint density at radius 2 is 2.12 bits per heavy atom. The summed E-state index contributed by atoms with van der Waals surface area (Å²) in [6.07, 6.45) is 2.76. The number of carbonyl (C=O) groups is 1. The molecular formula is C20H19ClN2O3. The van der Waals surface area contributed by atoms with E-state index in [4.69, 9.17) is 16.3 Å². The Hall–Kier alpha value is -2.79. The quantitative estimate of drug-likeness (QED) is 0.453. The highest BCUT2D eigenvalue weighted by molar-refractivity contribution is 6.32. The minimum Gasteiger partial charge on any atom is -0.506 e. The van der Waals surface area contributed by atoms with E-state index < -0.39 is 0 Å². The van der Waals surface area contributed by atoms with Crippen LogP contribution >= 0.6 is 11.6 Å². The van der Waals surface area contributed by atoms with Crippen molar-refractivity contribution in [2.75, 3.05) is 12.4 Å². The molecule has 2 N–H and O–H groups in total. The number of rotatable bonds is 6. The summed E-state index contributed by atoms with van der Waals surface area (Å²) in [5.74, 6) is 0.640. The van der Waals surface area contributed by atoms with Gasteiger partial charge in [-0.05, 0) is 30.7 Å². The number of carbonyl (C=O) groups excluding carboxylic acids is 1. The standard InChI is InChI=1S/C20H19ClN2O3/c1-3-5-16(24)14-11-22-20-13(6-4-7-18(20)26-2)19(14)23-12-8-9-17(25)15(21)10-12/h4,6-11,25H,3,5H2,1-2H3,(H,22,23). The third-order valence-electron chi connectivity index (χ3n) is 4.07. The molecule has 26 heavy (non-hydrogen) atoms. The van der Waals surface area contributed by atoms with Gasteiger partial charge in [0.1, 0.15) is 17.0 Å². The molecule has 0 aliphatic rings. The molecule has 0 saturated heterocycles. The lowest BCUT2D eigenvalue weighted by molar-refractivity contribution is 0.0982. The van der Waals surface area contributed by atoms with Crippen LogP contribution < -0.4 is 10.1 Å². The Morgan fingerprint density at radius 3 is 2.81 bits per heavy atom. The zero-order valence-corrected chi connectivity index (χ0v) is 15.3. The lowest BCUT2D eigenvalue weighted by Crippen LogP contribution is -2.06. The molecule has 0 amide bonds. The molecule has 0 atom stereocenters. The van der Waals surface area contributed by atoms with Crippen molar-refractivity contribution in [1.29, 1.82) is 0 Å². The number of phenolic OH excluding ortho intramolecular Hbond substituents is 1. The number of anilines is 2. The molecule has 0 unspecified atom stereocenters. The van der Waals surface area contributed by atoms with Crippen molar-refractivity contribution in [1.82, 2.24) is 4.98 Å². The maximum Gasteiger partial charge on any atom is 0.166 e. The SMILES string of the molecule is CCCC(=O)c1cnc2c(OC)cccc2c1Nc1ccc(O)c(Cl)c1. The zero-order chi connectivity index (χ0) is 18.7. The number of ether oxygens (including phenoxy) is 1. The Balaban J connectivity index is 2.19. The summed E-state index contributed by atoms with van der Waals surface area (Å²) in [6, 6.07) is 10.4. The van der Waals surface area contributed by atoms with Gasteiger partial charge >= 0.3 is 0 Å². The smallest absolute Gasteiger partial charge is 0.166 e. The molecule has 0 aliphatic heterocycles. The molecule has 6 heteroatoms. The number of ketones is 1. The van der Waals surface area contributed by atoms with Crippen molar-refractivity contribution in [3.63, 3.8) is 0 Å². The number of phenols is 1. The van der Waals surface area contributed by atoms with Gasteiger partial charge in [-0.3, -0.25) is 9.78 Å². The topological polar surface area (TPSA) is 71.5 Å². The molecule has 0 radical (unpaired) electrons. The number of pyridine rings is 1. The average Bonchev–Trinajstić information content (AvgIpc) is 2.64. The van der Waals surface area contributed by atoms with Crippen LogP contribution in [-0.2, 0) is 0 Å². The summed E-state index contributed by atoms with van der Waals surface area (Å²) >= 11 is 6.01. The van der Waals surface area contributed by atoms with E-state index in [0.29, 0.717) is 34.6 Å². The van der Waals surface area contributed by atoms with Gasteiger partial charge in [0.05, 0.1) is 23.4 Å². The summed E-state index contributed by atoms with van der Waals surface area (Å²) in [4.78, 5) is 17.0. The van der Waals surface area contributed by atoms with Crippen LogP contribution in [0.4, 0.5) is 11.4 Å². The van der Waals surface area contributed by atoms with E-state index in [2.05, 4.69) is 10.3 Å². The highest BCUT2D eigenvalue weighted by Crippen LogP contribution is 2.35. The number of nitrogens with zero attached hydrogens (tertiary/aromatic N) is 1. The third kappa shape index (κ3) is 3.44. The van der Waals surface area contributed by atoms with Gasteiger partial charge in [-0.15, -0.1) is 0 Å². The van der Waals surface area contributed by atoms with Gasteiger partial charge in [0.25, 0.3) is 0 Å². The Kier molecular flexibility index (Phi) is 5.28. The molecule has 134 valence electrons. The van der Waals surface area contributed by atoms with Crippen molar-refractivity contribution >= 4 is 39.7 Å². The van der Waals surface area contributed by atoms with Crippen molar-refractivity contribution in [2.45, 2.75) is 19.8 Å². The number of methoxy groups -OCH3 is 1. The maximum absolute atomic E-state index is 12.6. The first-order valence-electron chi connectivity index (χ1n) is 8.29. The maximum atomic E-state index is 12.6. The fourth-order valence-electron chi connectivity index (χ4n) is 2.80. The van der Waals surface area contributed by atoms with E-state index in [-0.39, 0.29) is 16.6 Å². The number of aromatic nitrogens is 1. The molecule has 0 spiro atoms. The van der Waals surface area contributed by atoms with Gasteiger partial charge in [0.2, 0.25) is 0 Å². The van der Waals surface area contributed by atoms with Crippen LogP contribution in [0.15, 0.2) is 42.6 Å². The van der Waals surface area contributed by atoms with E-state index in [1.54, 1.807) is 25.4 Å². The van der Waals surface area contributed by atoms with Crippen LogP contribution in [0.1, 0.15) is 30.1 Å². The zero-order valence-electron chi connectivity index (χ0n) is 14.5. The highest BCUT2D eigenvalue weighted by atomic mass is 35.5. The van der Waals surface area contributed by atoms with Crippen LogP contribution in [0.25, 0.3) is 10.9 Å². The summed E-state index contributed by atoms with van der Waals surface area (Å²) in [6.45, 7) is 1.96. The van der Waals surface area contributed by atoms with Crippen molar-refractivity contribution in [3.05, 3.63) is 53.2 Å². The van der Waals surface area contributed by atoms with Crippen LogP contribution in [-0.4, -0.2) is 23.0 Å². The summed E-state index contributed by atoms with van der Waals surface area (Å²) in [7, 11) is 1.58. The predicted octanol–water partition coefficient (Wildman–Crippen LogP) is 5.33. The van der Waals surface area contributed by atoms with Gasteiger partial charge in [-0.2, -0.15) is 0 Å². The minimum absolute atomic E-state index is 0.000699. The van der Waals surface area contributed by atoms with Crippen molar-refractivity contribution in [3.8, 4) is 11.5 Å². The Bertz CT molecular complexity index is 973. The van der Waals surface area contributed by atoms with E-state index in [9.17, 15) is 9.90 Å². The van der Waals surface area contributed by atoms with Crippen LogP contribution in [0.2, 0.25) is 5.02 Å². The first-order chi connectivity index (χ1) is 12.5. The normalized spacial score (nSPS) is 10.7. The monoisotopic (exact) mass is 370 g/mol. The number of nitrogens with one attached hydrogen (secondary N) is 1. The highest BCUT2D eigenvalue weighted by Gasteiger charge is 2.17. The molecule has 2 aromatic carbocycles. The second-order valence-corrected chi connectivity index (χ2v) is 6.27. The number of hydrogen-bond acceptors (Lipinski definition) is 5. The molecule has 1 heterocycles. The van der Waals surface area contributed by atoms with Crippen LogP contribution in [0.3, 0.4) is 0 Å². The second kappa shape index (κ2) is 7.62. The van der Waals surface area contributed by atoms with E-state index in [1.165, 1.54) is 6.07 Å². The molecular weight excluding hydrogens is 352 g/mol. The molecule has 0 bridgehead atoms. The average molecular weight is 371 g/mol. The number of para-hydroxylation sites is 1. The minimum atomic E-state index is 0.000699. The second-order valence-electron chi connectivity index (χ2n) is 5.87. The number of halogens is 1. The van der Waals surface area contributed by atoms with E-state index >= 15 is 0 Å². The van der Waals surface area contributed by atoms with Gasteiger partial charge < -0.3 is 15.2 Å². The predicted molar refractivity (Wildman–Crippen MR) is 104 cm³/mol. The van der Waals surface area contributed by atoms with Gasteiger partial charge in [-0.1, -0.05) is 30.7 Å². The number of hydrogen-bond donors (Lipinski definition) is 2. The summed E-state index contributed by atoms with van der Waals surface area (Å²) in [5.41, 5.74) is 2.48. The van der Waals surface area contributed by atoms with Crippen LogP contribution in [0, 0.1) is 0 Å². The number of benzene rings is 2. The van der Waals surface area contributed by atoms with Gasteiger partial charge in [0.15, 0.2) is 5.78 Å². The molecule has 5 nitrogen and oxygen atoms in total. The summed E-state index contributed by atoms with van der Waals surface area (Å²) < 4.78 is 5.39. The van der Waals surface area contributed by atoms with E-state index in [1.807, 2.05) is 25.1 Å². The first-order valence-corrected chi connectivity index (χ1v) is 8.67. The molecule has 0 aliphatic carbocycles. The number of Topliss-reactive ketones (excluding diaryl/α,β-unsaturated/α-hetero) is 1. The summed E-state index contributed by atoms with van der Waals surface area (Å²) in [5, 5.41) is 13.9. The molecule has 0 saturated carbocycles. The van der Waals surface area contributed by atoms with Crippen LogP contribution in [0.5, 0.6) is 11.5 Å². The number of fused-ring (bicyclic) bond motifs is 1. The van der Waals surface area contributed by atoms with Gasteiger partial charge in [0, 0.05) is 23.7 Å². The molecule has 1 aromatic heterocycles. The molecule has 3 rings (SSSR count). The van der Waals surface area contributed by atoms with E-state index in [0.717, 1.165) is 11.8 Å².